The minimum Gasteiger partial charge on any atom is -0.310 e. The van der Waals surface area contributed by atoms with Gasteiger partial charge in [0.2, 0.25) is 15.9 Å². The zero-order valence-electron chi connectivity index (χ0n) is 16.2. The molecule has 1 aliphatic heterocycles. The minimum atomic E-state index is -4.02. The van der Waals surface area contributed by atoms with Crippen LogP contribution < -0.4 is 9.62 Å². The van der Waals surface area contributed by atoms with Gasteiger partial charge < -0.3 is 5.32 Å². The van der Waals surface area contributed by atoms with Gasteiger partial charge in [0.15, 0.2) is 5.78 Å². The van der Waals surface area contributed by atoms with Crippen molar-refractivity contribution in [3.63, 3.8) is 0 Å². The number of hydrogen-bond donors (Lipinski definition) is 1. The maximum Gasteiger partial charge on any atom is 0.242 e. The number of halogens is 1. The van der Waals surface area contributed by atoms with Crippen LogP contribution in [0, 0.1) is 0 Å². The SMILES string of the molecule is O=C1CS(=O)(=O)N(Cc2ccc(Cl)cc2)c2ccccc2C1C(=O)Nc1ccccn1. The molecule has 1 aliphatic rings. The molecule has 1 aromatic heterocycles. The van der Waals surface area contributed by atoms with E-state index in [1.807, 2.05) is 0 Å². The summed E-state index contributed by atoms with van der Waals surface area (Å²) in [5, 5.41) is 3.14. The van der Waals surface area contributed by atoms with Crippen LogP contribution in [0.25, 0.3) is 0 Å². The molecule has 1 atom stereocenters. The Hall–Kier alpha value is -3.23. The first-order chi connectivity index (χ1) is 14.8. The molecular weight excluding hydrogens is 438 g/mol. The van der Waals surface area contributed by atoms with Crippen molar-refractivity contribution in [3.8, 4) is 0 Å². The lowest BCUT2D eigenvalue weighted by Crippen LogP contribution is -2.34. The molecule has 1 amide bonds. The predicted molar refractivity (Wildman–Crippen MR) is 118 cm³/mol. The predicted octanol–water partition coefficient (Wildman–Crippen LogP) is 3.38. The molecule has 0 bridgehead atoms. The first-order valence-electron chi connectivity index (χ1n) is 9.43. The number of sulfonamides is 1. The highest BCUT2D eigenvalue weighted by atomic mass is 35.5. The van der Waals surface area contributed by atoms with Crippen molar-refractivity contribution in [1.29, 1.82) is 0 Å². The molecule has 0 saturated carbocycles. The van der Waals surface area contributed by atoms with Crippen LogP contribution in [0.3, 0.4) is 0 Å². The second kappa shape index (κ2) is 8.49. The van der Waals surface area contributed by atoms with Gasteiger partial charge in [-0.2, -0.15) is 0 Å². The zero-order valence-corrected chi connectivity index (χ0v) is 17.8. The summed E-state index contributed by atoms with van der Waals surface area (Å²) in [5.41, 5.74) is 1.33. The average molecular weight is 456 g/mol. The van der Waals surface area contributed by atoms with E-state index in [2.05, 4.69) is 10.3 Å². The number of rotatable bonds is 4. The first kappa shape index (κ1) is 21.0. The van der Waals surface area contributed by atoms with E-state index in [-0.39, 0.29) is 12.4 Å². The molecule has 4 rings (SSSR count). The summed E-state index contributed by atoms with van der Waals surface area (Å²) in [4.78, 5) is 30.0. The molecule has 1 N–H and O–H groups in total. The molecule has 0 aliphatic carbocycles. The Bertz CT molecular complexity index is 1230. The molecule has 2 aromatic carbocycles. The lowest BCUT2D eigenvalue weighted by Gasteiger charge is -2.24. The number of fused-ring (bicyclic) bond motifs is 1. The number of benzene rings is 2. The fourth-order valence-corrected chi connectivity index (χ4v) is 5.10. The van der Waals surface area contributed by atoms with E-state index in [9.17, 15) is 18.0 Å². The zero-order chi connectivity index (χ0) is 22.0. The molecule has 0 saturated heterocycles. The smallest absolute Gasteiger partial charge is 0.242 e. The number of pyridine rings is 1. The van der Waals surface area contributed by atoms with Crippen molar-refractivity contribution < 1.29 is 18.0 Å². The van der Waals surface area contributed by atoms with Crippen molar-refractivity contribution in [2.75, 3.05) is 15.4 Å². The van der Waals surface area contributed by atoms with E-state index in [1.165, 1.54) is 10.5 Å². The molecule has 3 aromatic rings. The van der Waals surface area contributed by atoms with Crippen LogP contribution in [0.2, 0.25) is 5.02 Å². The number of nitrogens with zero attached hydrogens (tertiary/aromatic N) is 2. The summed E-state index contributed by atoms with van der Waals surface area (Å²) in [6.45, 7) is 0.0123. The number of hydrogen-bond acceptors (Lipinski definition) is 5. The monoisotopic (exact) mass is 455 g/mol. The summed E-state index contributed by atoms with van der Waals surface area (Å²) >= 11 is 5.93. The summed E-state index contributed by atoms with van der Waals surface area (Å²) in [6.07, 6.45) is 1.51. The van der Waals surface area contributed by atoms with Crippen LogP contribution in [0.5, 0.6) is 0 Å². The van der Waals surface area contributed by atoms with Gasteiger partial charge >= 0.3 is 0 Å². The normalized spacial score (nSPS) is 17.5. The van der Waals surface area contributed by atoms with E-state index in [0.717, 1.165) is 0 Å². The Morgan fingerprint density at radius 3 is 2.48 bits per heavy atom. The van der Waals surface area contributed by atoms with Gasteiger partial charge in [-0.3, -0.25) is 13.9 Å². The van der Waals surface area contributed by atoms with Crippen molar-refractivity contribution in [2.24, 2.45) is 0 Å². The van der Waals surface area contributed by atoms with Crippen molar-refractivity contribution in [1.82, 2.24) is 4.98 Å². The maximum absolute atomic E-state index is 13.1. The third-order valence-corrected chi connectivity index (χ3v) is 6.82. The Balaban J connectivity index is 1.75. The quantitative estimate of drug-likeness (QED) is 0.608. The van der Waals surface area contributed by atoms with Crippen LogP contribution in [0.15, 0.2) is 72.9 Å². The molecule has 31 heavy (non-hydrogen) atoms. The summed E-state index contributed by atoms with van der Waals surface area (Å²) < 4.78 is 27.4. The Morgan fingerprint density at radius 1 is 1.06 bits per heavy atom. The number of nitrogens with one attached hydrogen (secondary N) is 1. The van der Waals surface area contributed by atoms with E-state index in [1.54, 1.807) is 66.7 Å². The fraction of sp³-hybridized carbons (Fsp3) is 0.136. The van der Waals surface area contributed by atoms with Crippen LogP contribution in [-0.4, -0.2) is 30.8 Å². The van der Waals surface area contributed by atoms with Crippen LogP contribution >= 0.6 is 11.6 Å². The molecule has 1 unspecified atom stereocenters. The highest BCUT2D eigenvalue weighted by molar-refractivity contribution is 7.93. The molecule has 7 nitrogen and oxygen atoms in total. The van der Waals surface area contributed by atoms with E-state index >= 15 is 0 Å². The van der Waals surface area contributed by atoms with Crippen LogP contribution in [0.1, 0.15) is 17.0 Å². The number of carbonyl (C=O) groups is 2. The van der Waals surface area contributed by atoms with Gasteiger partial charge in [0.1, 0.15) is 17.5 Å². The largest absolute Gasteiger partial charge is 0.310 e. The second-order valence-corrected chi connectivity index (χ2v) is 9.38. The Labute approximate surface area is 184 Å². The number of para-hydroxylation sites is 1. The second-order valence-electron chi connectivity index (χ2n) is 7.05. The summed E-state index contributed by atoms with van der Waals surface area (Å²) in [7, 11) is -4.02. The van der Waals surface area contributed by atoms with E-state index in [0.29, 0.717) is 21.8 Å². The maximum atomic E-state index is 13.1. The first-order valence-corrected chi connectivity index (χ1v) is 11.4. The number of aromatic nitrogens is 1. The number of anilines is 2. The summed E-state index contributed by atoms with van der Waals surface area (Å²) in [5.74, 6) is -3.10. The summed E-state index contributed by atoms with van der Waals surface area (Å²) in [6, 6.07) is 18.3. The average Bonchev–Trinajstić information content (AvgIpc) is 2.82. The topological polar surface area (TPSA) is 96.4 Å². The fourth-order valence-electron chi connectivity index (χ4n) is 3.48. The van der Waals surface area contributed by atoms with Gasteiger partial charge in [-0.15, -0.1) is 0 Å². The number of carbonyl (C=O) groups excluding carboxylic acids is 2. The Morgan fingerprint density at radius 2 is 1.77 bits per heavy atom. The highest BCUT2D eigenvalue weighted by Crippen LogP contribution is 2.36. The van der Waals surface area contributed by atoms with Crippen molar-refractivity contribution in [3.05, 3.63) is 89.1 Å². The lowest BCUT2D eigenvalue weighted by atomic mass is 9.92. The third-order valence-electron chi connectivity index (χ3n) is 4.92. The number of amides is 1. The molecule has 2 heterocycles. The van der Waals surface area contributed by atoms with Gasteiger partial charge in [-0.25, -0.2) is 13.4 Å². The molecule has 0 fully saturated rings. The van der Waals surface area contributed by atoms with Gasteiger partial charge in [0.25, 0.3) is 0 Å². The highest BCUT2D eigenvalue weighted by Gasteiger charge is 2.40. The Kier molecular flexibility index (Phi) is 5.75. The molecule has 0 spiro atoms. The third kappa shape index (κ3) is 4.45. The molecular formula is C22H18ClN3O4S. The van der Waals surface area contributed by atoms with E-state index in [4.69, 9.17) is 11.6 Å². The molecule has 158 valence electrons. The minimum absolute atomic E-state index is 0.0123. The van der Waals surface area contributed by atoms with Gasteiger partial charge in [-0.05, 0) is 41.5 Å². The van der Waals surface area contributed by atoms with Gasteiger partial charge in [-0.1, -0.05) is 48.0 Å². The van der Waals surface area contributed by atoms with Gasteiger partial charge in [0, 0.05) is 11.2 Å². The standard InChI is InChI=1S/C22H18ClN3O4S/c23-16-10-8-15(9-11-16)13-26-18-6-2-1-5-17(18)21(19(27)14-31(26,29)30)22(28)25-20-7-3-4-12-24-20/h1-12,21H,13-14H2,(H,24,25,28). The van der Waals surface area contributed by atoms with Crippen LogP contribution in [-0.2, 0) is 26.2 Å². The lowest BCUT2D eigenvalue weighted by molar-refractivity contribution is -0.126. The van der Waals surface area contributed by atoms with Crippen molar-refractivity contribution >= 4 is 44.8 Å². The number of ketones is 1. The van der Waals surface area contributed by atoms with Crippen LogP contribution in [0.4, 0.5) is 11.5 Å². The molecule has 9 heteroatoms. The van der Waals surface area contributed by atoms with Crippen molar-refractivity contribution in [2.45, 2.75) is 12.5 Å². The van der Waals surface area contributed by atoms with E-state index < -0.39 is 33.4 Å². The van der Waals surface area contributed by atoms with Gasteiger partial charge in [0.05, 0.1) is 12.2 Å². The number of Topliss-reactive ketones (excluding diaryl/α,β-unsaturated/α-hetero) is 1. The molecule has 0 radical (unpaired) electrons.